The lowest BCUT2D eigenvalue weighted by atomic mass is 9.93. The molecule has 41 heavy (non-hydrogen) atoms. The molecule has 3 aliphatic carbocycles. The van der Waals surface area contributed by atoms with Crippen molar-refractivity contribution < 1.29 is 33.4 Å². The van der Waals surface area contributed by atoms with Gasteiger partial charge in [-0.05, 0) is 74.3 Å². The summed E-state index contributed by atoms with van der Waals surface area (Å²) in [6.45, 7) is 0. The Kier molecular flexibility index (Phi) is 8.68. The number of ether oxygens (including phenoxy) is 1. The molecular formula is C31H34N2O7S. The predicted octanol–water partition coefficient (Wildman–Crippen LogP) is 4.42. The van der Waals surface area contributed by atoms with E-state index in [1.165, 1.54) is 26.4 Å². The van der Waals surface area contributed by atoms with Gasteiger partial charge in [0.15, 0.2) is 0 Å². The van der Waals surface area contributed by atoms with Gasteiger partial charge >= 0.3 is 5.97 Å². The molecule has 1 heterocycles. The molecule has 1 aromatic heterocycles. The Morgan fingerprint density at radius 1 is 1.15 bits per heavy atom. The first-order valence-corrected chi connectivity index (χ1v) is 14.4. The van der Waals surface area contributed by atoms with E-state index in [4.69, 9.17) is 21.4 Å². The van der Waals surface area contributed by atoms with Gasteiger partial charge in [-0.25, -0.2) is 4.79 Å². The summed E-state index contributed by atoms with van der Waals surface area (Å²) in [7, 11) is 1.43. The number of thiocarbonyl (C=S) groups is 1. The maximum atomic E-state index is 13.2. The molecule has 2 bridgehead atoms. The zero-order valence-electron chi connectivity index (χ0n) is 22.9. The van der Waals surface area contributed by atoms with Crippen molar-refractivity contribution in [1.82, 2.24) is 10.6 Å². The number of allylic oxidation sites excluding steroid dienone is 1. The van der Waals surface area contributed by atoms with Gasteiger partial charge in [-0.1, -0.05) is 30.3 Å². The number of ketones is 1. The Bertz CT molecular complexity index is 1410. The fourth-order valence-corrected chi connectivity index (χ4v) is 6.42. The van der Waals surface area contributed by atoms with Gasteiger partial charge in [0.1, 0.15) is 29.1 Å². The van der Waals surface area contributed by atoms with Gasteiger partial charge in [0.25, 0.3) is 11.8 Å². The first-order chi connectivity index (χ1) is 19.7. The second kappa shape index (κ2) is 12.4. The summed E-state index contributed by atoms with van der Waals surface area (Å²) in [6.07, 6.45) is 7.86. The maximum absolute atomic E-state index is 13.2. The molecule has 9 nitrogen and oxygen atoms in total. The van der Waals surface area contributed by atoms with Crippen molar-refractivity contribution in [2.45, 2.75) is 69.9 Å². The summed E-state index contributed by atoms with van der Waals surface area (Å²) in [4.78, 5) is 49.6. The average Bonchev–Trinajstić information content (AvgIpc) is 3.71. The molecular weight excluding hydrogens is 544 g/mol. The molecule has 5 rings (SSSR count). The van der Waals surface area contributed by atoms with E-state index in [0.29, 0.717) is 35.8 Å². The lowest BCUT2D eigenvalue weighted by molar-refractivity contribution is -0.139. The number of aliphatic carboxylic acids is 1. The van der Waals surface area contributed by atoms with Gasteiger partial charge in [0.2, 0.25) is 0 Å². The minimum atomic E-state index is -1.16. The van der Waals surface area contributed by atoms with Crippen molar-refractivity contribution in [3.8, 4) is 17.1 Å². The van der Waals surface area contributed by atoms with Crippen LogP contribution >= 0.6 is 12.2 Å². The molecule has 2 saturated carbocycles. The normalized spacial score (nSPS) is 22.1. The molecule has 0 radical (unpaired) electrons. The second-order valence-electron chi connectivity index (χ2n) is 11.2. The van der Waals surface area contributed by atoms with E-state index < -0.39 is 17.9 Å². The SMILES string of the molecule is COc1ccc(-c2ccc(CC(=S)C(=O)NC3CC4CCC3C4)o2)cc1C(=O)NC(CC1=CCC(=O)CC1)C(=O)O. The van der Waals surface area contributed by atoms with E-state index in [-0.39, 0.29) is 53.2 Å². The van der Waals surface area contributed by atoms with Crippen LogP contribution in [0.15, 0.2) is 46.4 Å². The summed E-state index contributed by atoms with van der Waals surface area (Å²) in [6, 6.07) is 7.47. The minimum absolute atomic E-state index is 0.118. The Labute approximate surface area is 243 Å². The topological polar surface area (TPSA) is 135 Å². The quantitative estimate of drug-likeness (QED) is 0.263. The van der Waals surface area contributed by atoms with Crippen LogP contribution in [0.25, 0.3) is 11.3 Å². The second-order valence-corrected chi connectivity index (χ2v) is 11.7. The summed E-state index contributed by atoms with van der Waals surface area (Å²) in [5.41, 5.74) is 1.57. The van der Waals surface area contributed by atoms with Crippen LogP contribution < -0.4 is 15.4 Å². The Morgan fingerprint density at radius 3 is 2.63 bits per heavy atom. The molecule has 2 aromatic rings. The maximum Gasteiger partial charge on any atom is 0.326 e. The molecule has 0 saturated heterocycles. The minimum Gasteiger partial charge on any atom is -0.496 e. The lowest BCUT2D eigenvalue weighted by Gasteiger charge is -2.22. The predicted molar refractivity (Wildman–Crippen MR) is 155 cm³/mol. The molecule has 4 atom stereocenters. The third kappa shape index (κ3) is 6.75. The number of rotatable bonds is 11. The zero-order chi connectivity index (χ0) is 29.1. The number of benzene rings is 1. The van der Waals surface area contributed by atoms with E-state index in [2.05, 4.69) is 10.6 Å². The van der Waals surface area contributed by atoms with Crippen LogP contribution in [0, 0.1) is 11.8 Å². The fourth-order valence-electron chi connectivity index (χ4n) is 6.22. The van der Waals surface area contributed by atoms with Crippen molar-refractivity contribution in [3.05, 3.63) is 53.3 Å². The molecule has 3 N–H and O–H groups in total. The number of nitrogens with one attached hydrogen (secondary N) is 2. The highest BCUT2D eigenvalue weighted by Gasteiger charge is 2.40. The molecule has 0 aliphatic heterocycles. The summed E-state index contributed by atoms with van der Waals surface area (Å²) >= 11 is 5.41. The number of furan rings is 1. The molecule has 3 aliphatic rings. The first-order valence-electron chi connectivity index (χ1n) is 14.0. The number of methoxy groups -OCH3 is 1. The number of amides is 2. The molecule has 1 aromatic carbocycles. The van der Waals surface area contributed by atoms with E-state index in [0.717, 1.165) is 17.9 Å². The Morgan fingerprint density at radius 2 is 1.98 bits per heavy atom. The van der Waals surface area contributed by atoms with E-state index in [1.54, 1.807) is 36.4 Å². The van der Waals surface area contributed by atoms with Crippen LogP contribution in [0.2, 0.25) is 0 Å². The van der Waals surface area contributed by atoms with Crippen molar-refractivity contribution in [3.63, 3.8) is 0 Å². The highest BCUT2D eigenvalue weighted by molar-refractivity contribution is 7.82. The van der Waals surface area contributed by atoms with E-state index in [9.17, 15) is 24.3 Å². The van der Waals surface area contributed by atoms with Gasteiger partial charge in [0.05, 0.1) is 17.5 Å². The lowest BCUT2D eigenvalue weighted by Crippen LogP contribution is -2.42. The molecule has 2 amide bonds. The van der Waals surface area contributed by atoms with Crippen LogP contribution in [0.4, 0.5) is 0 Å². The van der Waals surface area contributed by atoms with E-state index >= 15 is 0 Å². The largest absolute Gasteiger partial charge is 0.496 e. The van der Waals surface area contributed by atoms with Crippen LogP contribution in [-0.2, 0) is 20.8 Å². The van der Waals surface area contributed by atoms with E-state index in [1.807, 2.05) is 0 Å². The van der Waals surface area contributed by atoms with Crippen LogP contribution in [0.1, 0.15) is 67.5 Å². The summed E-state index contributed by atoms with van der Waals surface area (Å²) in [5, 5.41) is 15.4. The van der Waals surface area contributed by atoms with Gasteiger partial charge in [-0.2, -0.15) is 0 Å². The van der Waals surface area contributed by atoms with Crippen LogP contribution in [-0.4, -0.2) is 52.7 Å². The highest BCUT2D eigenvalue weighted by Crippen LogP contribution is 2.44. The average molecular weight is 579 g/mol. The highest BCUT2D eigenvalue weighted by atomic mass is 32.1. The number of Topliss-reactive ketones (excluding diaryl/α,β-unsaturated/α-hetero) is 1. The summed E-state index contributed by atoms with van der Waals surface area (Å²) in [5.74, 6) is 0.693. The third-order valence-electron chi connectivity index (χ3n) is 8.45. The fraction of sp³-hybridized carbons (Fsp3) is 0.452. The zero-order valence-corrected chi connectivity index (χ0v) is 23.8. The number of carboxylic acid groups (broad SMARTS) is 1. The number of carbonyl (C=O) groups is 4. The van der Waals surface area contributed by atoms with Crippen molar-refractivity contribution in [1.29, 1.82) is 0 Å². The van der Waals surface area contributed by atoms with Crippen molar-refractivity contribution >= 4 is 40.6 Å². The van der Waals surface area contributed by atoms with Gasteiger partial charge in [0, 0.05) is 30.9 Å². The first kappa shape index (κ1) is 28.7. The van der Waals surface area contributed by atoms with Gasteiger partial charge in [-0.3, -0.25) is 14.4 Å². The molecule has 2 fully saturated rings. The molecule has 0 spiro atoms. The van der Waals surface area contributed by atoms with Crippen LogP contribution in [0.5, 0.6) is 5.75 Å². The number of hydrogen-bond acceptors (Lipinski definition) is 7. The molecule has 4 unspecified atom stereocenters. The third-order valence-corrected chi connectivity index (χ3v) is 8.78. The number of fused-ring (bicyclic) bond motifs is 2. The Balaban J connectivity index is 1.24. The molecule has 216 valence electrons. The van der Waals surface area contributed by atoms with Crippen molar-refractivity contribution in [2.75, 3.05) is 7.11 Å². The van der Waals surface area contributed by atoms with Crippen molar-refractivity contribution in [2.24, 2.45) is 11.8 Å². The van der Waals surface area contributed by atoms with Gasteiger partial charge < -0.3 is 24.9 Å². The smallest absolute Gasteiger partial charge is 0.326 e. The Hall–Kier alpha value is -3.79. The molecule has 10 heteroatoms. The van der Waals surface area contributed by atoms with Gasteiger partial charge in [-0.15, -0.1) is 0 Å². The number of hydrogen-bond donors (Lipinski definition) is 3. The summed E-state index contributed by atoms with van der Waals surface area (Å²) < 4.78 is 11.3. The van der Waals surface area contributed by atoms with Crippen LogP contribution in [0.3, 0.4) is 0 Å². The monoisotopic (exact) mass is 578 g/mol. The number of carbonyl (C=O) groups excluding carboxylic acids is 3. The standard InChI is InChI=1S/C31H34N2O7S/c1-39-27-10-6-20(15-23(27)29(35)33-25(31(37)38)13-17-3-7-21(34)8-4-17)26-11-9-22(40-26)16-28(41)30(36)32-24-14-18-2-5-19(24)12-18/h3,6,9-11,15,18-19,24-25H,2,4-5,7-8,12-14,16H2,1H3,(H,32,36)(H,33,35)(H,37,38). The number of carboxylic acids is 1.